The van der Waals surface area contributed by atoms with E-state index in [1.165, 1.54) is 12.1 Å². The van der Waals surface area contributed by atoms with E-state index in [0.717, 1.165) is 5.56 Å². The lowest BCUT2D eigenvalue weighted by Crippen LogP contribution is -2.51. The van der Waals surface area contributed by atoms with E-state index in [2.05, 4.69) is 5.32 Å². The zero-order valence-electron chi connectivity index (χ0n) is 11.7. The summed E-state index contributed by atoms with van der Waals surface area (Å²) < 4.78 is 22.2. The number of nitrogens with one attached hydrogen (secondary N) is 1. The minimum absolute atomic E-state index is 0.0748. The SMILES string of the molecule is CCC(C)(N)C(=O)NCCc1ccc(S(N)(=O)=O)cc1. The van der Waals surface area contributed by atoms with Crippen molar-refractivity contribution < 1.29 is 13.2 Å². The summed E-state index contributed by atoms with van der Waals surface area (Å²) >= 11 is 0. The first-order valence-electron chi connectivity index (χ1n) is 6.36. The van der Waals surface area contributed by atoms with Crippen LogP contribution in [0.1, 0.15) is 25.8 Å². The second kappa shape index (κ2) is 6.34. The first-order chi connectivity index (χ1) is 9.16. The molecule has 0 aliphatic rings. The van der Waals surface area contributed by atoms with Gasteiger partial charge in [0.25, 0.3) is 0 Å². The fourth-order valence-electron chi connectivity index (χ4n) is 1.53. The average Bonchev–Trinajstić information content (AvgIpc) is 2.38. The largest absolute Gasteiger partial charge is 0.354 e. The van der Waals surface area contributed by atoms with Crippen LogP contribution >= 0.6 is 0 Å². The van der Waals surface area contributed by atoms with E-state index < -0.39 is 15.6 Å². The molecule has 0 aliphatic carbocycles. The number of carbonyl (C=O) groups excluding carboxylic acids is 1. The number of hydrogen-bond acceptors (Lipinski definition) is 4. The van der Waals surface area contributed by atoms with E-state index in [1.807, 2.05) is 6.92 Å². The Morgan fingerprint density at radius 2 is 1.85 bits per heavy atom. The molecule has 1 amide bonds. The second-order valence-electron chi connectivity index (χ2n) is 4.97. The molecule has 0 saturated carbocycles. The topological polar surface area (TPSA) is 115 Å². The first-order valence-corrected chi connectivity index (χ1v) is 7.90. The van der Waals surface area contributed by atoms with Crippen molar-refractivity contribution in [1.82, 2.24) is 5.32 Å². The van der Waals surface area contributed by atoms with Gasteiger partial charge in [-0.05, 0) is 37.5 Å². The van der Waals surface area contributed by atoms with Crippen molar-refractivity contribution in [3.05, 3.63) is 29.8 Å². The van der Waals surface area contributed by atoms with Gasteiger partial charge in [0.1, 0.15) is 0 Å². The predicted octanol–water partition coefficient (Wildman–Crippen LogP) is 0.120. The number of benzene rings is 1. The van der Waals surface area contributed by atoms with Gasteiger partial charge in [0, 0.05) is 6.54 Å². The number of amides is 1. The lowest BCUT2D eigenvalue weighted by atomic mass is 9.99. The van der Waals surface area contributed by atoms with Crippen LogP contribution in [0.5, 0.6) is 0 Å². The van der Waals surface area contributed by atoms with Crippen LogP contribution in [-0.2, 0) is 21.2 Å². The van der Waals surface area contributed by atoms with Crippen LogP contribution in [0.4, 0.5) is 0 Å². The summed E-state index contributed by atoms with van der Waals surface area (Å²) in [5, 5.41) is 7.77. The van der Waals surface area contributed by atoms with Gasteiger partial charge in [0.05, 0.1) is 10.4 Å². The highest BCUT2D eigenvalue weighted by Gasteiger charge is 2.25. The van der Waals surface area contributed by atoms with Crippen molar-refractivity contribution in [1.29, 1.82) is 0 Å². The molecule has 1 unspecified atom stereocenters. The molecule has 112 valence electrons. The van der Waals surface area contributed by atoms with Gasteiger partial charge in [-0.25, -0.2) is 13.6 Å². The first kappa shape index (κ1) is 16.6. The molecule has 0 heterocycles. The van der Waals surface area contributed by atoms with Gasteiger partial charge >= 0.3 is 0 Å². The van der Waals surface area contributed by atoms with Gasteiger partial charge < -0.3 is 11.1 Å². The summed E-state index contributed by atoms with van der Waals surface area (Å²) in [6.45, 7) is 3.98. The van der Waals surface area contributed by atoms with E-state index in [-0.39, 0.29) is 10.8 Å². The maximum atomic E-state index is 11.7. The van der Waals surface area contributed by atoms with Gasteiger partial charge in [-0.2, -0.15) is 0 Å². The molecule has 5 N–H and O–H groups in total. The summed E-state index contributed by atoms with van der Waals surface area (Å²) in [6, 6.07) is 6.25. The monoisotopic (exact) mass is 299 g/mol. The minimum atomic E-state index is -3.66. The fraction of sp³-hybridized carbons (Fsp3) is 0.462. The summed E-state index contributed by atoms with van der Waals surface area (Å²) in [6.07, 6.45) is 1.15. The zero-order chi connectivity index (χ0) is 15.4. The predicted molar refractivity (Wildman–Crippen MR) is 77.4 cm³/mol. The van der Waals surface area contributed by atoms with Crippen molar-refractivity contribution >= 4 is 15.9 Å². The Morgan fingerprint density at radius 1 is 1.30 bits per heavy atom. The molecule has 1 rings (SSSR count). The van der Waals surface area contributed by atoms with E-state index in [1.54, 1.807) is 19.1 Å². The van der Waals surface area contributed by atoms with Crippen molar-refractivity contribution in [2.45, 2.75) is 37.1 Å². The van der Waals surface area contributed by atoms with Gasteiger partial charge in [-0.3, -0.25) is 4.79 Å². The maximum Gasteiger partial charge on any atom is 0.239 e. The maximum absolute atomic E-state index is 11.7. The molecule has 0 spiro atoms. The Bertz CT molecular complexity index is 565. The Balaban J connectivity index is 2.54. The number of primary sulfonamides is 1. The van der Waals surface area contributed by atoms with E-state index in [4.69, 9.17) is 10.9 Å². The molecule has 7 heteroatoms. The van der Waals surface area contributed by atoms with Crippen molar-refractivity contribution in [2.75, 3.05) is 6.54 Å². The van der Waals surface area contributed by atoms with Crippen molar-refractivity contribution in [3.63, 3.8) is 0 Å². The Labute approximate surface area is 119 Å². The van der Waals surface area contributed by atoms with Crippen LogP contribution in [0.2, 0.25) is 0 Å². The van der Waals surface area contributed by atoms with Gasteiger partial charge in [0.2, 0.25) is 15.9 Å². The molecule has 0 saturated heterocycles. The average molecular weight is 299 g/mol. The van der Waals surface area contributed by atoms with Crippen molar-refractivity contribution in [3.8, 4) is 0 Å². The van der Waals surface area contributed by atoms with Crippen LogP contribution in [0.15, 0.2) is 29.2 Å². The lowest BCUT2D eigenvalue weighted by Gasteiger charge is -2.21. The number of nitrogens with two attached hydrogens (primary N) is 2. The quantitative estimate of drug-likeness (QED) is 0.692. The van der Waals surface area contributed by atoms with Crippen LogP contribution < -0.4 is 16.2 Å². The minimum Gasteiger partial charge on any atom is -0.354 e. The van der Waals surface area contributed by atoms with Gasteiger partial charge in [0.15, 0.2) is 0 Å². The molecule has 1 aromatic carbocycles. The van der Waals surface area contributed by atoms with Crippen molar-refractivity contribution in [2.24, 2.45) is 10.9 Å². The highest BCUT2D eigenvalue weighted by molar-refractivity contribution is 7.89. The number of rotatable bonds is 6. The highest BCUT2D eigenvalue weighted by atomic mass is 32.2. The van der Waals surface area contributed by atoms with Gasteiger partial charge in [-0.1, -0.05) is 19.1 Å². The zero-order valence-corrected chi connectivity index (χ0v) is 12.5. The third-order valence-corrected chi connectivity index (χ3v) is 4.13. The third-order valence-electron chi connectivity index (χ3n) is 3.20. The van der Waals surface area contributed by atoms with E-state index >= 15 is 0 Å². The molecule has 20 heavy (non-hydrogen) atoms. The molecule has 0 bridgehead atoms. The molecule has 1 atom stereocenters. The molecule has 6 nitrogen and oxygen atoms in total. The Morgan fingerprint density at radius 3 is 2.30 bits per heavy atom. The molecule has 0 fully saturated rings. The summed E-state index contributed by atoms with van der Waals surface area (Å²) in [4.78, 5) is 11.8. The summed E-state index contributed by atoms with van der Waals surface area (Å²) in [5.41, 5.74) is 5.86. The highest BCUT2D eigenvalue weighted by Crippen LogP contribution is 2.09. The van der Waals surface area contributed by atoms with E-state index in [0.29, 0.717) is 19.4 Å². The number of sulfonamides is 1. The normalized spacial score (nSPS) is 14.6. The number of carbonyl (C=O) groups is 1. The molecular formula is C13H21N3O3S. The Kier molecular flexibility index (Phi) is 5.27. The third kappa shape index (κ3) is 4.59. The Hall–Kier alpha value is -1.44. The lowest BCUT2D eigenvalue weighted by molar-refractivity contribution is -0.125. The molecular weight excluding hydrogens is 278 g/mol. The van der Waals surface area contributed by atoms with Crippen LogP contribution in [0, 0.1) is 0 Å². The standard InChI is InChI=1S/C13H21N3O3S/c1-3-13(2,14)12(17)16-9-8-10-4-6-11(7-5-10)20(15,18)19/h4-7H,3,8-9,14H2,1-2H3,(H,16,17)(H2,15,18,19). The number of hydrogen-bond donors (Lipinski definition) is 3. The van der Waals surface area contributed by atoms with Crippen LogP contribution in [-0.4, -0.2) is 26.4 Å². The summed E-state index contributed by atoms with van der Waals surface area (Å²) in [5.74, 6) is -0.193. The van der Waals surface area contributed by atoms with Crippen LogP contribution in [0.3, 0.4) is 0 Å². The molecule has 1 aromatic rings. The second-order valence-corrected chi connectivity index (χ2v) is 6.53. The van der Waals surface area contributed by atoms with E-state index in [9.17, 15) is 13.2 Å². The molecule has 0 aliphatic heterocycles. The fourth-order valence-corrected chi connectivity index (χ4v) is 2.04. The van der Waals surface area contributed by atoms with Crippen LogP contribution in [0.25, 0.3) is 0 Å². The smallest absolute Gasteiger partial charge is 0.239 e. The molecule has 0 radical (unpaired) electrons. The summed E-state index contributed by atoms with van der Waals surface area (Å²) in [7, 11) is -3.66. The molecule has 0 aromatic heterocycles. The van der Waals surface area contributed by atoms with Gasteiger partial charge in [-0.15, -0.1) is 0 Å².